The lowest BCUT2D eigenvalue weighted by molar-refractivity contribution is 0.317. The minimum Gasteiger partial charge on any atom is -0.494 e. The Morgan fingerprint density at radius 1 is 1.11 bits per heavy atom. The molecule has 3 nitrogen and oxygen atoms in total. The molecule has 2 aromatic rings. The Balaban J connectivity index is 2.08. The molecule has 0 heterocycles. The highest BCUT2D eigenvalue weighted by molar-refractivity contribution is 5.73. The number of hydrogen-bond donors (Lipinski definition) is 2. The lowest BCUT2D eigenvalue weighted by Crippen LogP contribution is -1.97. The molecule has 0 aliphatic carbocycles. The lowest BCUT2D eigenvalue weighted by Gasteiger charge is -2.11. The zero-order chi connectivity index (χ0) is 13.7. The summed E-state index contributed by atoms with van der Waals surface area (Å²) < 4.78 is 5.55. The average molecular weight is 256 g/mol. The van der Waals surface area contributed by atoms with E-state index in [4.69, 9.17) is 10.5 Å². The molecule has 3 heteroatoms. The van der Waals surface area contributed by atoms with Gasteiger partial charge in [0.25, 0.3) is 0 Å². The molecule has 100 valence electrons. The molecule has 0 spiro atoms. The molecular weight excluding hydrogens is 236 g/mol. The Morgan fingerprint density at radius 2 is 1.84 bits per heavy atom. The molecule has 0 atom stereocenters. The molecule has 0 saturated carbocycles. The van der Waals surface area contributed by atoms with Gasteiger partial charge in [0.2, 0.25) is 0 Å². The maximum absolute atomic E-state index is 5.95. The van der Waals surface area contributed by atoms with Gasteiger partial charge in [-0.25, -0.2) is 0 Å². The summed E-state index contributed by atoms with van der Waals surface area (Å²) in [5.41, 5.74) is 9.81. The smallest absolute Gasteiger partial charge is 0.119 e. The van der Waals surface area contributed by atoms with Crippen molar-refractivity contribution in [3.63, 3.8) is 0 Å². The minimum absolute atomic E-state index is 0.747. The van der Waals surface area contributed by atoms with Gasteiger partial charge >= 0.3 is 0 Å². The van der Waals surface area contributed by atoms with Crippen molar-refractivity contribution in [2.45, 2.75) is 20.3 Å². The topological polar surface area (TPSA) is 47.3 Å². The molecule has 0 bridgehead atoms. The second kappa shape index (κ2) is 6.14. The van der Waals surface area contributed by atoms with Crippen LogP contribution in [0.2, 0.25) is 0 Å². The van der Waals surface area contributed by atoms with Gasteiger partial charge in [0, 0.05) is 5.69 Å². The van der Waals surface area contributed by atoms with Gasteiger partial charge in [-0.1, -0.05) is 13.0 Å². The van der Waals surface area contributed by atoms with Crippen LogP contribution in [0.4, 0.5) is 17.1 Å². The van der Waals surface area contributed by atoms with Gasteiger partial charge in [0.05, 0.1) is 18.0 Å². The van der Waals surface area contributed by atoms with Gasteiger partial charge in [-0.15, -0.1) is 0 Å². The van der Waals surface area contributed by atoms with E-state index in [0.717, 1.165) is 35.8 Å². The number of nitrogen functional groups attached to an aromatic ring is 1. The monoisotopic (exact) mass is 256 g/mol. The van der Waals surface area contributed by atoms with E-state index in [2.05, 4.69) is 12.2 Å². The highest BCUT2D eigenvalue weighted by Crippen LogP contribution is 2.25. The van der Waals surface area contributed by atoms with Gasteiger partial charge in [-0.05, 0) is 55.3 Å². The standard InChI is InChI=1S/C16H20N2O/c1-3-10-19-14-7-5-13(6-8-14)18-16-11-12(2)4-9-15(16)17/h4-9,11,18H,3,10,17H2,1-2H3. The van der Waals surface area contributed by atoms with Gasteiger partial charge in [0.15, 0.2) is 0 Å². The first-order chi connectivity index (χ1) is 9.19. The third-order valence-corrected chi connectivity index (χ3v) is 2.81. The molecule has 0 saturated heterocycles. The average Bonchev–Trinajstić information content (AvgIpc) is 2.42. The van der Waals surface area contributed by atoms with Crippen LogP contribution in [0.25, 0.3) is 0 Å². The molecule has 0 radical (unpaired) electrons. The number of anilines is 3. The van der Waals surface area contributed by atoms with Crippen molar-refractivity contribution in [2.24, 2.45) is 0 Å². The van der Waals surface area contributed by atoms with Crippen LogP contribution in [-0.4, -0.2) is 6.61 Å². The van der Waals surface area contributed by atoms with Gasteiger partial charge < -0.3 is 15.8 Å². The Bertz CT molecular complexity index is 535. The van der Waals surface area contributed by atoms with Crippen LogP contribution in [0, 0.1) is 6.92 Å². The van der Waals surface area contributed by atoms with Crippen molar-refractivity contribution in [1.29, 1.82) is 0 Å². The molecule has 0 amide bonds. The quantitative estimate of drug-likeness (QED) is 0.791. The van der Waals surface area contributed by atoms with Crippen molar-refractivity contribution in [2.75, 3.05) is 17.7 Å². The van der Waals surface area contributed by atoms with Crippen LogP contribution in [0.5, 0.6) is 5.75 Å². The minimum atomic E-state index is 0.747. The van der Waals surface area contributed by atoms with Crippen molar-refractivity contribution in [3.05, 3.63) is 48.0 Å². The summed E-state index contributed by atoms with van der Waals surface area (Å²) in [7, 11) is 0. The summed E-state index contributed by atoms with van der Waals surface area (Å²) in [6.45, 7) is 4.89. The van der Waals surface area contributed by atoms with Crippen LogP contribution in [0.1, 0.15) is 18.9 Å². The van der Waals surface area contributed by atoms with Gasteiger partial charge in [-0.3, -0.25) is 0 Å². The fourth-order valence-electron chi connectivity index (χ4n) is 1.79. The third kappa shape index (κ3) is 3.65. The highest BCUT2D eigenvalue weighted by atomic mass is 16.5. The number of ether oxygens (including phenoxy) is 1. The second-order valence-electron chi connectivity index (χ2n) is 4.59. The SMILES string of the molecule is CCCOc1ccc(Nc2cc(C)ccc2N)cc1. The number of rotatable bonds is 5. The molecule has 0 unspecified atom stereocenters. The van der Waals surface area contributed by atoms with E-state index in [1.807, 2.05) is 49.4 Å². The van der Waals surface area contributed by atoms with E-state index in [0.29, 0.717) is 0 Å². The third-order valence-electron chi connectivity index (χ3n) is 2.81. The van der Waals surface area contributed by atoms with E-state index in [9.17, 15) is 0 Å². The number of nitrogens with one attached hydrogen (secondary N) is 1. The molecular formula is C16H20N2O. The molecule has 2 aromatic carbocycles. The molecule has 2 rings (SSSR count). The van der Waals surface area contributed by atoms with E-state index >= 15 is 0 Å². The lowest BCUT2D eigenvalue weighted by atomic mass is 10.2. The highest BCUT2D eigenvalue weighted by Gasteiger charge is 2.00. The van der Waals surface area contributed by atoms with Gasteiger partial charge in [-0.2, -0.15) is 0 Å². The maximum atomic E-state index is 5.95. The maximum Gasteiger partial charge on any atom is 0.119 e. The van der Waals surface area contributed by atoms with Crippen molar-refractivity contribution >= 4 is 17.1 Å². The summed E-state index contributed by atoms with van der Waals surface area (Å²) in [6, 6.07) is 13.9. The van der Waals surface area contributed by atoms with Gasteiger partial charge in [0.1, 0.15) is 5.75 Å². The van der Waals surface area contributed by atoms with Crippen LogP contribution in [0.15, 0.2) is 42.5 Å². The Kier molecular flexibility index (Phi) is 4.29. The predicted molar refractivity (Wildman–Crippen MR) is 81.1 cm³/mol. The van der Waals surface area contributed by atoms with E-state index in [-0.39, 0.29) is 0 Å². The Labute approximate surface area is 114 Å². The van der Waals surface area contributed by atoms with Crippen molar-refractivity contribution < 1.29 is 4.74 Å². The molecule has 0 aliphatic heterocycles. The van der Waals surface area contributed by atoms with E-state index < -0.39 is 0 Å². The summed E-state index contributed by atoms with van der Waals surface area (Å²) in [5, 5.41) is 3.32. The van der Waals surface area contributed by atoms with Crippen molar-refractivity contribution in [3.8, 4) is 5.75 Å². The largest absolute Gasteiger partial charge is 0.494 e. The fourth-order valence-corrected chi connectivity index (χ4v) is 1.79. The van der Waals surface area contributed by atoms with Crippen molar-refractivity contribution in [1.82, 2.24) is 0 Å². The molecule has 3 N–H and O–H groups in total. The fraction of sp³-hybridized carbons (Fsp3) is 0.250. The summed E-state index contributed by atoms with van der Waals surface area (Å²) >= 11 is 0. The normalized spacial score (nSPS) is 10.2. The zero-order valence-electron chi connectivity index (χ0n) is 11.4. The van der Waals surface area contributed by atoms with Crippen LogP contribution in [0.3, 0.4) is 0 Å². The molecule has 0 aliphatic rings. The number of hydrogen-bond acceptors (Lipinski definition) is 3. The first kappa shape index (κ1) is 13.3. The number of benzene rings is 2. The predicted octanol–water partition coefficient (Wildman–Crippen LogP) is 4.11. The van der Waals surface area contributed by atoms with E-state index in [1.54, 1.807) is 0 Å². The first-order valence-electron chi connectivity index (χ1n) is 6.55. The molecule has 19 heavy (non-hydrogen) atoms. The first-order valence-corrected chi connectivity index (χ1v) is 6.55. The Morgan fingerprint density at radius 3 is 2.53 bits per heavy atom. The summed E-state index contributed by atoms with van der Waals surface area (Å²) in [5.74, 6) is 0.893. The summed E-state index contributed by atoms with van der Waals surface area (Å²) in [4.78, 5) is 0. The molecule has 0 aromatic heterocycles. The number of nitrogens with two attached hydrogens (primary N) is 1. The Hall–Kier alpha value is -2.16. The van der Waals surface area contributed by atoms with Crippen LogP contribution >= 0.6 is 0 Å². The number of aryl methyl sites for hydroxylation is 1. The van der Waals surface area contributed by atoms with E-state index in [1.165, 1.54) is 5.56 Å². The second-order valence-corrected chi connectivity index (χ2v) is 4.59. The summed E-state index contributed by atoms with van der Waals surface area (Å²) in [6.07, 6.45) is 1.01. The van der Waals surface area contributed by atoms with Crippen LogP contribution in [-0.2, 0) is 0 Å². The molecule has 0 fully saturated rings. The van der Waals surface area contributed by atoms with Crippen LogP contribution < -0.4 is 15.8 Å². The zero-order valence-corrected chi connectivity index (χ0v) is 11.4.